The van der Waals surface area contributed by atoms with Crippen molar-refractivity contribution in [3.8, 4) is 0 Å². The highest BCUT2D eigenvalue weighted by Crippen LogP contribution is 2.24. The van der Waals surface area contributed by atoms with E-state index in [4.69, 9.17) is 11.6 Å². The predicted octanol–water partition coefficient (Wildman–Crippen LogP) is 3.60. The van der Waals surface area contributed by atoms with Crippen LogP contribution in [0.25, 0.3) is 0 Å². The van der Waals surface area contributed by atoms with Crippen molar-refractivity contribution in [1.29, 1.82) is 0 Å². The topological polar surface area (TPSA) is 24.9 Å². The molecule has 0 spiro atoms. The summed E-state index contributed by atoms with van der Waals surface area (Å²) in [5.41, 5.74) is 0.819. The first-order chi connectivity index (χ1) is 8.42. The van der Waals surface area contributed by atoms with Gasteiger partial charge in [-0.3, -0.25) is 4.98 Å². The molecule has 1 rings (SSSR count). The maximum atomic E-state index is 12.2. The minimum absolute atomic E-state index is 0.0516. The number of rotatable bonds is 6. The molecule has 102 valence electrons. The fourth-order valence-electron chi connectivity index (χ4n) is 1.74. The van der Waals surface area contributed by atoms with Gasteiger partial charge < -0.3 is 5.32 Å². The SMILES string of the molecule is CCNC(CCC(F)(F)F)Cc1ccncc1Cl. The zero-order valence-electron chi connectivity index (χ0n) is 10.1. The third-order valence-electron chi connectivity index (χ3n) is 2.59. The van der Waals surface area contributed by atoms with Crippen LogP contribution in [-0.4, -0.2) is 23.7 Å². The number of nitrogens with one attached hydrogen (secondary N) is 1. The summed E-state index contributed by atoms with van der Waals surface area (Å²) in [7, 11) is 0. The second-order valence-corrected chi connectivity index (χ2v) is 4.49. The van der Waals surface area contributed by atoms with Crippen molar-refractivity contribution in [3.05, 3.63) is 29.0 Å². The fourth-order valence-corrected chi connectivity index (χ4v) is 1.93. The molecule has 0 fully saturated rings. The number of alkyl halides is 3. The Kier molecular flexibility index (Phi) is 5.88. The van der Waals surface area contributed by atoms with E-state index in [0.29, 0.717) is 18.0 Å². The molecule has 0 radical (unpaired) electrons. The average Bonchev–Trinajstić information content (AvgIpc) is 2.28. The molecular formula is C12H16ClF3N2. The van der Waals surface area contributed by atoms with Gasteiger partial charge in [0.1, 0.15) is 0 Å². The van der Waals surface area contributed by atoms with Gasteiger partial charge in [-0.15, -0.1) is 0 Å². The molecule has 6 heteroatoms. The molecule has 0 saturated heterocycles. The van der Waals surface area contributed by atoms with Gasteiger partial charge in [0.2, 0.25) is 0 Å². The van der Waals surface area contributed by atoms with Gasteiger partial charge in [-0.05, 0) is 31.0 Å². The van der Waals surface area contributed by atoms with Crippen molar-refractivity contribution in [2.24, 2.45) is 0 Å². The highest BCUT2D eigenvalue weighted by molar-refractivity contribution is 6.31. The van der Waals surface area contributed by atoms with Crippen molar-refractivity contribution >= 4 is 11.6 Å². The van der Waals surface area contributed by atoms with Gasteiger partial charge in [0.25, 0.3) is 0 Å². The Morgan fingerprint density at radius 3 is 2.72 bits per heavy atom. The molecule has 0 aliphatic carbocycles. The first-order valence-electron chi connectivity index (χ1n) is 5.81. The third kappa shape index (κ3) is 5.69. The summed E-state index contributed by atoms with van der Waals surface area (Å²) in [6.07, 6.45) is -1.28. The number of halogens is 4. The monoisotopic (exact) mass is 280 g/mol. The normalized spacial score (nSPS) is 13.6. The van der Waals surface area contributed by atoms with Gasteiger partial charge in [-0.25, -0.2) is 0 Å². The number of hydrogen-bond acceptors (Lipinski definition) is 2. The second-order valence-electron chi connectivity index (χ2n) is 4.08. The van der Waals surface area contributed by atoms with Crippen molar-refractivity contribution in [3.63, 3.8) is 0 Å². The van der Waals surface area contributed by atoms with Crippen LogP contribution in [0.4, 0.5) is 13.2 Å². The molecule has 1 heterocycles. The second kappa shape index (κ2) is 6.95. The minimum atomic E-state index is -4.12. The van der Waals surface area contributed by atoms with Crippen LogP contribution >= 0.6 is 11.6 Å². The quantitative estimate of drug-likeness (QED) is 0.861. The molecule has 1 atom stereocenters. The van der Waals surface area contributed by atoms with E-state index in [1.807, 2.05) is 6.92 Å². The van der Waals surface area contributed by atoms with E-state index in [2.05, 4.69) is 10.3 Å². The van der Waals surface area contributed by atoms with Crippen molar-refractivity contribution in [2.75, 3.05) is 6.54 Å². The molecular weight excluding hydrogens is 265 g/mol. The van der Waals surface area contributed by atoms with Gasteiger partial charge in [-0.1, -0.05) is 18.5 Å². The molecule has 1 aromatic rings. The Bertz CT molecular complexity index is 369. The number of nitrogens with zero attached hydrogens (tertiary/aromatic N) is 1. The number of pyridine rings is 1. The van der Waals surface area contributed by atoms with Crippen LogP contribution in [0.2, 0.25) is 5.02 Å². The largest absolute Gasteiger partial charge is 0.389 e. The lowest BCUT2D eigenvalue weighted by molar-refractivity contribution is -0.136. The zero-order valence-corrected chi connectivity index (χ0v) is 10.9. The maximum Gasteiger partial charge on any atom is 0.389 e. The number of hydrogen-bond donors (Lipinski definition) is 1. The Morgan fingerprint density at radius 2 is 2.17 bits per heavy atom. The Morgan fingerprint density at radius 1 is 1.44 bits per heavy atom. The van der Waals surface area contributed by atoms with Gasteiger partial charge in [0.15, 0.2) is 0 Å². The lowest BCUT2D eigenvalue weighted by Crippen LogP contribution is -2.32. The van der Waals surface area contributed by atoms with Gasteiger partial charge in [-0.2, -0.15) is 13.2 Å². The van der Waals surface area contributed by atoms with Gasteiger partial charge in [0, 0.05) is 24.9 Å². The molecule has 1 unspecified atom stereocenters. The summed E-state index contributed by atoms with van der Waals surface area (Å²) in [6, 6.07) is 1.51. The van der Waals surface area contributed by atoms with E-state index < -0.39 is 12.6 Å². The van der Waals surface area contributed by atoms with E-state index >= 15 is 0 Å². The average molecular weight is 281 g/mol. The first kappa shape index (κ1) is 15.2. The van der Waals surface area contributed by atoms with Gasteiger partial charge in [0.05, 0.1) is 5.02 Å². The van der Waals surface area contributed by atoms with E-state index in [0.717, 1.165) is 5.56 Å². The van der Waals surface area contributed by atoms with Crippen molar-refractivity contribution < 1.29 is 13.2 Å². The van der Waals surface area contributed by atoms with Crippen LogP contribution in [0, 0.1) is 0 Å². The summed E-state index contributed by atoms with van der Waals surface area (Å²) in [5.74, 6) is 0. The summed E-state index contributed by atoms with van der Waals surface area (Å²) in [5, 5.41) is 3.54. The number of likely N-dealkylation sites (N-methyl/N-ethyl adjacent to an activating group) is 1. The highest BCUT2D eigenvalue weighted by atomic mass is 35.5. The molecule has 0 aliphatic rings. The summed E-state index contributed by atoms with van der Waals surface area (Å²) >= 11 is 5.95. The predicted molar refractivity (Wildman–Crippen MR) is 65.7 cm³/mol. The Hall–Kier alpha value is -0.810. The van der Waals surface area contributed by atoms with E-state index in [-0.39, 0.29) is 12.5 Å². The molecule has 0 aromatic carbocycles. The molecule has 0 saturated carbocycles. The molecule has 18 heavy (non-hydrogen) atoms. The zero-order chi connectivity index (χ0) is 13.6. The van der Waals surface area contributed by atoms with Crippen molar-refractivity contribution in [2.45, 2.75) is 38.4 Å². The lowest BCUT2D eigenvalue weighted by Gasteiger charge is -2.19. The standard InChI is InChI=1S/C12H16ClF3N2/c1-2-18-10(3-5-12(14,15)16)7-9-4-6-17-8-11(9)13/h4,6,8,10,18H,2-3,5,7H2,1H3. The van der Waals surface area contributed by atoms with Crippen LogP contribution in [0.15, 0.2) is 18.5 Å². The van der Waals surface area contributed by atoms with Crippen LogP contribution < -0.4 is 5.32 Å². The molecule has 1 N–H and O–H groups in total. The maximum absolute atomic E-state index is 12.2. The third-order valence-corrected chi connectivity index (χ3v) is 2.93. The van der Waals surface area contributed by atoms with Gasteiger partial charge >= 0.3 is 6.18 Å². The first-order valence-corrected chi connectivity index (χ1v) is 6.18. The highest BCUT2D eigenvalue weighted by Gasteiger charge is 2.28. The molecule has 0 bridgehead atoms. The summed E-state index contributed by atoms with van der Waals surface area (Å²) in [6.45, 7) is 2.50. The Labute approximate surface area is 110 Å². The van der Waals surface area contributed by atoms with Crippen LogP contribution in [0.3, 0.4) is 0 Å². The van der Waals surface area contributed by atoms with Crippen LogP contribution in [-0.2, 0) is 6.42 Å². The van der Waals surface area contributed by atoms with Crippen LogP contribution in [0.5, 0.6) is 0 Å². The van der Waals surface area contributed by atoms with E-state index in [1.165, 1.54) is 6.20 Å². The number of aromatic nitrogens is 1. The molecule has 0 amide bonds. The van der Waals surface area contributed by atoms with Crippen molar-refractivity contribution in [1.82, 2.24) is 10.3 Å². The molecule has 2 nitrogen and oxygen atoms in total. The fraction of sp³-hybridized carbons (Fsp3) is 0.583. The molecule has 1 aromatic heterocycles. The van der Waals surface area contributed by atoms with E-state index in [9.17, 15) is 13.2 Å². The smallest absolute Gasteiger partial charge is 0.314 e. The molecule has 0 aliphatic heterocycles. The summed E-state index contributed by atoms with van der Waals surface area (Å²) in [4.78, 5) is 3.85. The summed E-state index contributed by atoms with van der Waals surface area (Å²) < 4.78 is 36.6. The van der Waals surface area contributed by atoms with E-state index in [1.54, 1.807) is 12.3 Å². The lowest BCUT2D eigenvalue weighted by atomic mass is 10.0. The van der Waals surface area contributed by atoms with Crippen LogP contribution in [0.1, 0.15) is 25.3 Å². The Balaban J connectivity index is 2.60. The minimum Gasteiger partial charge on any atom is -0.314 e.